The Labute approximate surface area is 140 Å². The van der Waals surface area contributed by atoms with Gasteiger partial charge in [0, 0.05) is 13.1 Å². The summed E-state index contributed by atoms with van der Waals surface area (Å²) in [4.78, 5) is 13.9. The number of hydrogen-bond donors (Lipinski definition) is 2. The number of halogens is 1. The highest BCUT2D eigenvalue weighted by atomic mass is 35.5. The Hall–Kier alpha value is -0.320. The first-order valence-electron chi connectivity index (χ1n) is 8.65. The summed E-state index contributed by atoms with van der Waals surface area (Å²) >= 11 is 0. The Kier molecular flexibility index (Phi) is 6.14. The molecule has 0 spiro atoms. The topological polar surface area (TPSA) is 52.6 Å². The molecular formula is C17H31ClN2O2. The zero-order valence-electron chi connectivity index (χ0n) is 13.7. The third-order valence-corrected chi connectivity index (χ3v) is 6.04. The van der Waals surface area contributed by atoms with Crippen molar-refractivity contribution in [2.24, 2.45) is 23.2 Å². The molecule has 0 radical (unpaired) electrons. The Morgan fingerprint density at radius 1 is 1.18 bits per heavy atom. The van der Waals surface area contributed by atoms with Gasteiger partial charge in [-0.25, -0.2) is 0 Å². The molecule has 4 fully saturated rings. The smallest absolute Gasteiger partial charge is 0.234 e. The monoisotopic (exact) mass is 330 g/mol. The fourth-order valence-electron chi connectivity index (χ4n) is 5.42. The van der Waals surface area contributed by atoms with Crippen LogP contribution in [-0.4, -0.2) is 49.2 Å². The Morgan fingerprint density at radius 3 is 2.36 bits per heavy atom. The molecule has 4 rings (SSSR count). The molecule has 0 saturated heterocycles. The first-order valence-corrected chi connectivity index (χ1v) is 8.65. The summed E-state index contributed by atoms with van der Waals surface area (Å²) in [7, 11) is 1.88. The lowest BCUT2D eigenvalue weighted by molar-refractivity contribution is -0.123. The Bertz CT molecular complexity index is 375. The van der Waals surface area contributed by atoms with Gasteiger partial charge in [-0.05, 0) is 62.3 Å². The number of fused-ring (bicyclic) bond motifs is 1. The molecule has 2 unspecified atom stereocenters. The van der Waals surface area contributed by atoms with Crippen LogP contribution in [0.5, 0.6) is 0 Å². The van der Waals surface area contributed by atoms with Crippen molar-refractivity contribution in [3.63, 3.8) is 0 Å². The maximum absolute atomic E-state index is 12.1. The predicted molar refractivity (Wildman–Crippen MR) is 90.1 cm³/mol. The van der Waals surface area contributed by atoms with E-state index in [9.17, 15) is 4.79 Å². The molecule has 4 aliphatic carbocycles. The van der Waals surface area contributed by atoms with Crippen LogP contribution in [0.1, 0.15) is 44.9 Å². The first-order chi connectivity index (χ1) is 10.1. The molecule has 5 heteroatoms. The summed E-state index contributed by atoms with van der Waals surface area (Å²) in [6, 6.07) is 0. The van der Waals surface area contributed by atoms with E-state index in [4.69, 9.17) is 5.11 Å². The van der Waals surface area contributed by atoms with E-state index in [-0.39, 0.29) is 24.9 Å². The molecule has 2 atom stereocenters. The van der Waals surface area contributed by atoms with Crippen LogP contribution in [-0.2, 0) is 4.79 Å². The zero-order valence-corrected chi connectivity index (χ0v) is 14.5. The van der Waals surface area contributed by atoms with Crippen molar-refractivity contribution in [1.29, 1.82) is 0 Å². The summed E-state index contributed by atoms with van der Waals surface area (Å²) < 4.78 is 0. The molecule has 0 aromatic rings. The van der Waals surface area contributed by atoms with Gasteiger partial charge in [-0.2, -0.15) is 0 Å². The van der Waals surface area contributed by atoms with Crippen LogP contribution in [0.15, 0.2) is 0 Å². The van der Waals surface area contributed by atoms with Crippen molar-refractivity contribution in [1.82, 2.24) is 10.2 Å². The van der Waals surface area contributed by atoms with Gasteiger partial charge in [0.1, 0.15) is 0 Å². The molecule has 0 aromatic heterocycles. The van der Waals surface area contributed by atoms with Crippen molar-refractivity contribution < 1.29 is 9.90 Å². The average Bonchev–Trinajstić information content (AvgIpc) is 2.63. The average molecular weight is 331 g/mol. The molecule has 128 valence electrons. The van der Waals surface area contributed by atoms with Crippen LogP contribution >= 0.6 is 12.4 Å². The summed E-state index contributed by atoms with van der Waals surface area (Å²) in [6.07, 6.45) is 9.77. The third kappa shape index (κ3) is 4.15. The van der Waals surface area contributed by atoms with Crippen LogP contribution in [0.25, 0.3) is 0 Å². The highest BCUT2D eigenvalue weighted by molar-refractivity contribution is 5.85. The number of carbonyl (C=O) groups is 1. The third-order valence-electron chi connectivity index (χ3n) is 6.04. The lowest BCUT2D eigenvalue weighted by atomic mass is 9.58. The van der Waals surface area contributed by atoms with E-state index in [0.717, 1.165) is 24.3 Å². The molecule has 0 aromatic carbocycles. The van der Waals surface area contributed by atoms with Crippen molar-refractivity contribution in [3.05, 3.63) is 0 Å². The first kappa shape index (κ1) is 18.0. The molecular weight excluding hydrogens is 300 g/mol. The second kappa shape index (κ2) is 7.50. The Balaban J connectivity index is 0.00000176. The Morgan fingerprint density at radius 2 is 1.77 bits per heavy atom. The molecule has 4 saturated carbocycles. The van der Waals surface area contributed by atoms with Gasteiger partial charge in [-0.3, -0.25) is 9.69 Å². The van der Waals surface area contributed by atoms with Crippen LogP contribution in [0, 0.1) is 23.2 Å². The van der Waals surface area contributed by atoms with Gasteiger partial charge >= 0.3 is 0 Å². The molecule has 2 N–H and O–H groups in total. The number of hydrogen-bond acceptors (Lipinski definition) is 3. The van der Waals surface area contributed by atoms with Gasteiger partial charge in [-0.15, -0.1) is 12.4 Å². The highest BCUT2D eigenvalue weighted by Crippen LogP contribution is 2.57. The standard InChI is InChI=1S/C17H30N2O2.ClH/c1-19(4-5-20)11-16(21)18-12-17-8-13-2-3-14(9-17)7-15(6-13)10-17;/h13-15,20H,2-12H2,1H3,(H,18,21);1H. The maximum Gasteiger partial charge on any atom is 0.234 e. The highest BCUT2D eigenvalue weighted by Gasteiger charge is 2.48. The SMILES string of the molecule is CN(CCO)CC(=O)NCC12CC3CCC(CC(C3)C1)C2.Cl. The van der Waals surface area contributed by atoms with Gasteiger partial charge in [0.25, 0.3) is 0 Å². The van der Waals surface area contributed by atoms with Gasteiger partial charge in [0.2, 0.25) is 5.91 Å². The van der Waals surface area contributed by atoms with Crippen molar-refractivity contribution in [3.8, 4) is 0 Å². The largest absolute Gasteiger partial charge is 0.395 e. The summed E-state index contributed by atoms with van der Waals surface area (Å²) in [5, 5.41) is 12.1. The van der Waals surface area contributed by atoms with Gasteiger partial charge in [0.05, 0.1) is 13.2 Å². The normalized spacial score (nSPS) is 36.0. The zero-order chi connectivity index (χ0) is 14.9. The minimum Gasteiger partial charge on any atom is -0.395 e. The summed E-state index contributed by atoms with van der Waals surface area (Å²) in [6.45, 7) is 1.94. The van der Waals surface area contributed by atoms with Crippen molar-refractivity contribution in [2.45, 2.75) is 44.9 Å². The van der Waals surface area contributed by atoms with Crippen molar-refractivity contribution >= 4 is 18.3 Å². The van der Waals surface area contributed by atoms with Gasteiger partial charge < -0.3 is 10.4 Å². The molecule has 1 amide bonds. The number of nitrogens with one attached hydrogen (secondary N) is 1. The van der Waals surface area contributed by atoms with Crippen LogP contribution < -0.4 is 5.32 Å². The van der Waals surface area contributed by atoms with E-state index in [1.807, 2.05) is 11.9 Å². The summed E-state index contributed by atoms with van der Waals surface area (Å²) in [5.74, 6) is 2.88. The molecule has 4 nitrogen and oxygen atoms in total. The van der Waals surface area contributed by atoms with Crippen LogP contribution in [0.3, 0.4) is 0 Å². The fourth-order valence-corrected chi connectivity index (χ4v) is 5.42. The second-order valence-electron chi connectivity index (χ2n) is 8.00. The number of aliphatic hydroxyl groups is 1. The van der Waals surface area contributed by atoms with Gasteiger partial charge in [0.15, 0.2) is 0 Å². The van der Waals surface area contributed by atoms with Crippen LogP contribution in [0.4, 0.5) is 0 Å². The number of nitrogens with zero attached hydrogens (tertiary/aromatic N) is 1. The fraction of sp³-hybridized carbons (Fsp3) is 0.941. The van der Waals surface area contributed by atoms with E-state index >= 15 is 0 Å². The number of rotatable bonds is 6. The predicted octanol–water partition coefficient (Wildman–Crippen LogP) is 2.05. The van der Waals surface area contributed by atoms with Crippen LogP contribution in [0.2, 0.25) is 0 Å². The molecule has 4 aliphatic rings. The van der Waals surface area contributed by atoms with E-state index in [0.29, 0.717) is 18.5 Å². The molecule has 0 heterocycles. The lowest BCUT2D eigenvalue weighted by Crippen LogP contribution is -2.47. The number of aliphatic hydroxyl groups excluding tert-OH is 1. The van der Waals surface area contributed by atoms with E-state index in [2.05, 4.69) is 5.32 Å². The summed E-state index contributed by atoms with van der Waals surface area (Å²) in [5.41, 5.74) is 0.401. The minimum atomic E-state index is 0. The molecule has 0 aliphatic heterocycles. The molecule has 4 bridgehead atoms. The van der Waals surface area contributed by atoms with Gasteiger partial charge in [-0.1, -0.05) is 12.8 Å². The quantitative estimate of drug-likeness (QED) is 0.783. The second-order valence-corrected chi connectivity index (χ2v) is 8.00. The maximum atomic E-state index is 12.1. The number of amides is 1. The number of carbonyl (C=O) groups excluding carboxylic acids is 1. The van der Waals surface area contributed by atoms with E-state index < -0.39 is 0 Å². The number of likely N-dealkylation sites (N-methyl/N-ethyl adjacent to an activating group) is 1. The van der Waals surface area contributed by atoms with E-state index in [1.54, 1.807) is 0 Å². The lowest BCUT2D eigenvalue weighted by Gasteiger charge is -2.48. The molecule has 22 heavy (non-hydrogen) atoms. The van der Waals surface area contributed by atoms with Crippen molar-refractivity contribution in [2.75, 3.05) is 33.3 Å². The van der Waals surface area contributed by atoms with E-state index in [1.165, 1.54) is 44.9 Å². The minimum absolute atomic E-state index is 0.